The molecule has 2 aromatic rings. The Morgan fingerprint density at radius 2 is 1.87 bits per heavy atom. The van der Waals surface area contributed by atoms with Crippen molar-refractivity contribution in [2.45, 2.75) is 12.8 Å². The van der Waals surface area contributed by atoms with Crippen molar-refractivity contribution in [1.82, 2.24) is 9.97 Å². The zero-order valence-corrected chi connectivity index (χ0v) is 8.27. The number of aromatic nitrogens is 2. The number of nitrogens with zero attached hydrogens (tertiary/aromatic N) is 2. The lowest BCUT2D eigenvalue weighted by Gasteiger charge is -2.06. The highest BCUT2D eigenvalue weighted by atomic mass is 15.0. The molecule has 2 aromatic heterocycles. The van der Waals surface area contributed by atoms with Gasteiger partial charge < -0.3 is 5.32 Å². The van der Waals surface area contributed by atoms with E-state index in [9.17, 15) is 0 Å². The van der Waals surface area contributed by atoms with Gasteiger partial charge in [0, 0.05) is 12.4 Å². The van der Waals surface area contributed by atoms with Crippen molar-refractivity contribution in [2.75, 3.05) is 5.32 Å². The predicted octanol–water partition coefficient (Wildman–Crippen LogP) is 2.32. The number of pyridine rings is 2. The number of hydrogen-bond donors (Lipinski definition) is 1. The Kier molecular flexibility index (Phi) is 1.88. The maximum absolute atomic E-state index is 4.37. The average Bonchev–Trinajstić information content (AvgIpc) is 2.48. The van der Waals surface area contributed by atoms with Gasteiger partial charge in [-0.2, -0.15) is 0 Å². The molecule has 0 saturated heterocycles. The summed E-state index contributed by atoms with van der Waals surface area (Å²) in [5.74, 6) is 0.962. The Morgan fingerprint density at radius 3 is 2.87 bits per heavy atom. The Bertz CT molecular complexity index is 448. The second kappa shape index (κ2) is 3.35. The molecule has 0 amide bonds. The molecule has 1 aliphatic rings. The Hall–Kier alpha value is -1.90. The van der Waals surface area contributed by atoms with Crippen molar-refractivity contribution in [3.8, 4) is 0 Å². The second-order valence-electron chi connectivity index (χ2n) is 3.63. The normalized spacial score (nSPS) is 13.3. The van der Waals surface area contributed by atoms with E-state index in [1.54, 1.807) is 0 Å². The van der Waals surface area contributed by atoms with Crippen LogP contribution in [-0.4, -0.2) is 9.97 Å². The quantitative estimate of drug-likeness (QED) is 0.704. The SMILES string of the molecule is c1cnc2c(c1)CCc1ncccc1N2. The van der Waals surface area contributed by atoms with Crippen LogP contribution in [0.25, 0.3) is 0 Å². The third-order valence-corrected chi connectivity index (χ3v) is 2.67. The molecule has 74 valence electrons. The molecule has 0 atom stereocenters. The largest absolute Gasteiger partial charge is 0.339 e. The lowest BCUT2D eigenvalue weighted by molar-refractivity contribution is 0.927. The fourth-order valence-corrected chi connectivity index (χ4v) is 1.88. The fourth-order valence-electron chi connectivity index (χ4n) is 1.88. The van der Waals surface area contributed by atoms with Crippen LogP contribution in [0.2, 0.25) is 0 Å². The third-order valence-electron chi connectivity index (χ3n) is 2.67. The topological polar surface area (TPSA) is 37.8 Å². The summed E-state index contributed by atoms with van der Waals surface area (Å²) in [4.78, 5) is 8.71. The van der Waals surface area contributed by atoms with Crippen LogP contribution in [0.3, 0.4) is 0 Å². The maximum Gasteiger partial charge on any atom is 0.133 e. The number of hydrogen-bond acceptors (Lipinski definition) is 3. The summed E-state index contributed by atoms with van der Waals surface area (Å²) in [5, 5.41) is 3.33. The van der Waals surface area contributed by atoms with Crippen LogP contribution in [0.15, 0.2) is 36.7 Å². The highest BCUT2D eigenvalue weighted by Gasteiger charge is 2.12. The summed E-state index contributed by atoms with van der Waals surface area (Å²) in [6, 6.07) is 8.08. The van der Waals surface area contributed by atoms with Crippen molar-refractivity contribution >= 4 is 11.5 Å². The number of nitrogens with one attached hydrogen (secondary N) is 1. The minimum atomic E-state index is 0.962. The predicted molar refractivity (Wildman–Crippen MR) is 59.2 cm³/mol. The molecule has 0 spiro atoms. The Morgan fingerprint density at radius 1 is 1.00 bits per heavy atom. The molecule has 0 fully saturated rings. The molecule has 0 saturated carbocycles. The first-order chi connectivity index (χ1) is 7.43. The zero-order valence-electron chi connectivity index (χ0n) is 8.27. The van der Waals surface area contributed by atoms with Gasteiger partial charge >= 0.3 is 0 Å². The van der Waals surface area contributed by atoms with Gasteiger partial charge in [-0.15, -0.1) is 0 Å². The average molecular weight is 197 g/mol. The summed E-state index contributed by atoms with van der Waals surface area (Å²) in [7, 11) is 0. The first kappa shape index (κ1) is 8.41. The zero-order chi connectivity index (χ0) is 10.1. The van der Waals surface area contributed by atoms with Gasteiger partial charge in [0.05, 0.1) is 11.4 Å². The molecule has 3 heteroatoms. The van der Waals surface area contributed by atoms with Gasteiger partial charge in [-0.3, -0.25) is 4.98 Å². The van der Waals surface area contributed by atoms with Gasteiger partial charge in [-0.05, 0) is 36.6 Å². The highest BCUT2D eigenvalue weighted by Crippen LogP contribution is 2.26. The summed E-state index contributed by atoms with van der Waals surface area (Å²) < 4.78 is 0. The molecule has 1 N–H and O–H groups in total. The second-order valence-corrected chi connectivity index (χ2v) is 3.63. The van der Waals surface area contributed by atoms with Crippen LogP contribution in [0.1, 0.15) is 11.3 Å². The van der Waals surface area contributed by atoms with Crippen molar-refractivity contribution in [3.63, 3.8) is 0 Å². The molecule has 0 aromatic carbocycles. The highest BCUT2D eigenvalue weighted by molar-refractivity contribution is 5.63. The van der Waals surface area contributed by atoms with Gasteiger partial charge in [0.2, 0.25) is 0 Å². The van der Waals surface area contributed by atoms with Crippen molar-refractivity contribution in [2.24, 2.45) is 0 Å². The lowest BCUT2D eigenvalue weighted by Crippen LogP contribution is -1.96. The standard InChI is InChI=1S/C12H11N3/c1-3-9-5-6-10-11(4-2-7-13-10)15-12(9)14-8-1/h1-4,7-8H,5-6H2,(H,14,15). The number of anilines is 2. The molecule has 0 aliphatic carbocycles. The maximum atomic E-state index is 4.37. The van der Waals surface area contributed by atoms with Crippen LogP contribution in [0.5, 0.6) is 0 Å². The lowest BCUT2D eigenvalue weighted by atomic mass is 10.1. The van der Waals surface area contributed by atoms with Crippen LogP contribution in [-0.2, 0) is 12.8 Å². The minimum absolute atomic E-state index is 0.962. The molecule has 3 nitrogen and oxygen atoms in total. The van der Waals surface area contributed by atoms with Crippen molar-refractivity contribution in [3.05, 3.63) is 47.9 Å². The van der Waals surface area contributed by atoms with Gasteiger partial charge in [-0.25, -0.2) is 4.98 Å². The molecule has 3 rings (SSSR count). The Labute approximate surface area is 88.2 Å². The first-order valence-electron chi connectivity index (χ1n) is 5.08. The van der Waals surface area contributed by atoms with Gasteiger partial charge in [0.15, 0.2) is 0 Å². The molecule has 0 radical (unpaired) electrons. The molecule has 15 heavy (non-hydrogen) atoms. The fraction of sp³-hybridized carbons (Fsp3) is 0.167. The molecule has 0 bridgehead atoms. The summed E-state index contributed by atoms with van der Waals surface area (Å²) >= 11 is 0. The monoisotopic (exact) mass is 197 g/mol. The van der Waals surface area contributed by atoms with Gasteiger partial charge in [0.25, 0.3) is 0 Å². The van der Waals surface area contributed by atoms with E-state index in [1.165, 1.54) is 5.56 Å². The van der Waals surface area contributed by atoms with E-state index in [4.69, 9.17) is 0 Å². The summed E-state index contributed by atoms with van der Waals surface area (Å²) in [6.07, 6.45) is 5.62. The van der Waals surface area contributed by atoms with E-state index in [1.807, 2.05) is 30.6 Å². The van der Waals surface area contributed by atoms with Gasteiger partial charge in [-0.1, -0.05) is 6.07 Å². The van der Waals surface area contributed by atoms with Crippen LogP contribution in [0.4, 0.5) is 11.5 Å². The number of fused-ring (bicyclic) bond motifs is 2. The Balaban J connectivity index is 2.10. The first-order valence-corrected chi connectivity index (χ1v) is 5.08. The molecule has 1 aliphatic heterocycles. The molecule has 3 heterocycles. The molecular weight excluding hydrogens is 186 g/mol. The van der Waals surface area contributed by atoms with E-state index in [2.05, 4.69) is 21.4 Å². The number of aryl methyl sites for hydroxylation is 2. The smallest absolute Gasteiger partial charge is 0.133 e. The van der Waals surface area contributed by atoms with E-state index in [-0.39, 0.29) is 0 Å². The molecule has 0 unspecified atom stereocenters. The van der Waals surface area contributed by atoms with E-state index < -0.39 is 0 Å². The van der Waals surface area contributed by atoms with Crippen LogP contribution < -0.4 is 5.32 Å². The van der Waals surface area contributed by atoms with E-state index in [0.717, 1.165) is 30.0 Å². The summed E-state index contributed by atoms with van der Waals surface area (Å²) in [5.41, 5.74) is 3.46. The van der Waals surface area contributed by atoms with Crippen molar-refractivity contribution in [1.29, 1.82) is 0 Å². The molecular formula is C12H11N3. The van der Waals surface area contributed by atoms with E-state index in [0.29, 0.717) is 0 Å². The van der Waals surface area contributed by atoms with Crippen LogP contribution >= 0.6 is 0 Å². The third kappa shape index (κ3) is 1.46. The van der Waals surface area contributed by atoms with Crippen LogP contribution in [0, 0.1) is 0 Å². The van der Waals surface area contributed by atoms with E-state index >= 15 is 0 Å². The minimum Gasteiger partial charge on any atom is -0.339 e. The summed E-state index contributed by atoms with van der Waals surface area (Å²) in [6.45, 7) is 0. The van der Waals surface area contributed by atoms with Gasteiger partial charge in [0.1, 0.15) is 5.82 Å². The number of rotatable bonds is 0. The van der Waals surface area contributed by atoms with Crippen molar-refractivity contribution < 1.29 is 0 Å².